The minimum Gasteiger partial charge on any atom is -0.370 e. The lowest BCUT2D eigenvalue weighted by atomic mass is 9.96. The Morgan fingerprint density at radius 2 is 2.19 bits per heavy atom. The fraction of sp³-hybridized carbons (Fsp3) is 0.533. The maximum absolute atomic E-state index is 4.37. The maximum atomic E-state index is 4.37. The first-order chi connectivity index (χ1) is 10.1. The van der Waals surface area contributed by atoms with Crippen LogP contribution in [0.4, 0.5) is 5.69 Å². The number of halogens is 1. The van der Waals surface area contributed by atoms with Crippen molar-refractivity contribution in [2.75, 3.05) is 18.0 Å². The van der Waals surface area contributed by atoms with Gasteiger partial charge >= 0.3 is 0 Å². The van der Waals surface area contributed by atoms with Crippen LogP contribution in [0, 0.1) is 0 Å². The molecule has 5 nitrogen and oxygen atoms in total. The van der Waals surface area contributed by atoms with Gasteiger partial charge < -0.3 is 9.47 Å². The average molecular weight is 350 g/mol. The number of hydrogen-bond acceptors (Lipinski definition) is 4. The number of hydrogen-bond donors (Lipinski definition) is 0. The van der Waals surface area contributed by atoms with E-state index in [1.54, 1.807) is 0 Å². The van der Waals surface area contributed by atoms with Gasteiger partial charge in [0.15, 0.2) is 0 Å². The first-order valence-electron chi connectivity index (χ1n) is 7.40. The molecule has 0 saturated carbocycles. The van der Waals surface area contributed by atoms with Gasteiger partial charge in [0.05, 0.1) is 11.9 Å². The smallest absolute Gasteiger partial charge is 0.137 e. The lowest BCUT2D eigenvalue weighted by molar-refractivity contribution is 0.454. The van der Waals surface area contributed by atoms with E-state index in [2.05, 4.69) is 60.5 Å². The summed E-state index contributed by atoms with van der Waals surface area (Å²) in [7, 11) is 0. The molecule has 0 amide bonds. The normalized spacial score (nSPS) is 19.2. The van der Waals surface area contributed by atoms with Crippen LogP contribution in [0.25, 0.3) is 0 Å². The zero-order chi connectivity index (χ0) is 14.8. The second kappa shape index (κ2) is 6.13. The van der Waals surface area contributed by atoms with Gasteiger partial charge in [-0.25, -0.2) is 0 Å². The quantitative estimate of drug-likeness (QED) is 0.851. The molecule has 1 aliphatic heterocycles. The predicted molar refractivity (Wildman–Crippen MR) is 86.5 cm³/mol. The summed E-state index contributed by atoms with van der Waals surface area (Å²) >= 11 is 3.50. The molecule has 6 heteroatoms. The molecule has 1 fully saturated rings. The lowest BCUT2D eigenvalue weighted by Gasteiger charge is -2.34. The van der Waals surface area contributed by atoms with Crippen LogP contribution in [-0.4, -0.2) is 32.8 Å². The minimum absolute atomic E-state index is 0.401. The highest BCUT2D eigenvalue weighted by Gasteiger charge is 2.26. The fourth-order valence-electron chi connectivity index (χ4n) is 2.94. The Kier molecular flexibility index (Phi) is 4.24. The van der Waals surface area contributed by atoms with Crippen LogP contribution in [0.1, 0.15) is 44.5 Å². The van der Waals surface area contributed by atoms with E-state index in [-0.39, 0.29) is 0 Å². The van der Waals surface area contributed by atoms with Crippen molar-refractivity contribution < 1.29 is 0 Å². The number of nitrogens with zero attached hydrogens (tertiary/aromatic N) is 5. The third-order valence-corrected chi connectivity index (χ3v) is 4.43. The summed E-state index contributed by atoms with van der Waals surface area (Å²) in [5, 5.41) is 8.47. The minimum atomic E-state index is 0.401. The van der Waals surface area contributed by atoms with E-state index in [0.29, 0.717) is 12.0 Å². The van der Waals surface area contributed by atoms with Crippen molar-refractivity contribution in [2.45, 2.75) is 38.6 Å². The summed E-state index contributed by atoms with van der Waals surface area (Å²) in [6.07, 6.45) is 7.94. The van der Waals surface area contributed by atoms with Gasteiger partial charge in [-0.1, -0.05) is 0 Å². The third-order valence-electron chi connectivity index (χ3n) is 4.00. The van der Waals surface area contributed by atoms with Gasteiger partial charge in [0, 0.05) is 35.7 Å². The highest BCUT2D eigenvalue weighted by molar-refractivity contribution is 9.10. The van der Waals surface area contributed by atoms with Crippen molar-refractivity contribution >= 4 is 21.6 Å². The summed E-state index contributed by atoms with van der Waals surface area (Å²) in [5.74, 6) is 1.54. The highest BCUT2D eigenvalue weighted by atomic mass is 79.9. The molecule has 0 N–H and O–H groups in total. The molecule has 0 aliphatic carbocycles. The van der Waals surface area contributed by atoms with E-state index in [0.717, 1.165) is 23.4 Å². The number of pyridine rings is 1. The van der Waals surface area contributed by atoms with E-state index in [9.17, 15) is 0 Å². The summed E-state index contributed by atoms with van der Waals surface area (Å²) in [5.41, 5.74) is 1.17. The standard InChI is InChI=1S/C15H20BrN5/c1-11(2)21-10-18-19-15(21)12-4-3-5-20(9-12)14-6-13(16)7-17-8-14/h6-8,10-12H,3-5,9H2,1-2H3. The zero-order valence-corrected chi connectivity index (χ0v) is 14.0. The Bertz CT molecular complexity index is 610. The van der Waals surface area contributed by atoms with Crippen LogP contribution in [0.5, 0.6) is 0 Å². The SMILES string of the molecule is CC(C)n1cnnc1C1CCCN(c2cncc(Br)c2)C1. The molecule has 3 rings (SSSR count). The summed E-state index contributed by atoms with van der Waals surface area (Å²) in [6.45, 7) is 6.39. The molecule has 0 bridgehead atoms. The monoisotopic (exact) mass is 349 g/mol. The van der Waals surface area contributed by atoms with Crippen LogP contribution < -0.4 is 4.90 Å². The second-order valence-corrected chi connectivity index (χ2v) is 6.75. The van der Waals surface area contributed by atoms with Crippen LogP contribution >= 0.6 is 15.9 Å². The van der Waals surface area contributed by atoms with E-state index >= 15 is 0 Å². The van der Waals surface area contributed by atoms with E-state index in [1.165, 1.54) is 18.5 Å². The van der Waals surface area contributed by atoms with E-state index in [1.807, 2.05) is 18.7 Å². The summed E-state index contributed by atoms with van der Waals surface area (Å²) in [6, 6.07) is 2.53. The van der Waals surface area contributed by atoms with Gasteiger partial charge in [0.1, 0.15) is 12.2 Å². The molecule has 1 saturated heterocycles. The Hall–Kier alpha value is -1.43. The molecule has 0 radical (unpaired) electrons. The largest absolute Gasteiger partial charge is 0.370 e. The molecular formula is C15H20BrN5. The predicted octanol–water partition coefficient (Wildman–Crippen LogP) is 3.40. The molecule has 0 aromatic carbocycles. The fourth-order valence-corrected chi connectivity index (χ4v) is 3.29. The number of piperidine rings is 1. The highest BCUT2D eigenvalue weighted by Crippen LogP contribution is 2.30. The van der Waals surface area contributed by atoms with Crippen molar-refractivity contribution in [3.63, 3.8) is 0 Å². The Morgan fingerprint density at radius 3 is 2.95 bits per heavy atom. The molecule has 112 valence electrons. The average Bonchev–Trinajstić information content (AvgIpc) is 2.97. The first-order valence-corrected chi connectivity index (χ1v) is 8.19. The molecule has 21 heavy (non-hydrogen) atoms. The van der Waals surface area contributed by atoms with Crippen molar-refractivity contribution in [3.05, 3.63) is 35.1 Å². The van der Waals surface area contributed by atoms with Crippen LogP contribution in [0.2, 0.25) is 0 Å². The molecule has 3 heterocycles. The van der Waals surface area contributed by atoms with Gasteiger partial charge in [-0.05, 0) is 48.7 Å². The molecule has 2 aromatic rings. The van der Waals surface area contributed by atoms with Crippen LogP contribution in [-0.2, 0) is 0 Å². The molecule has 1 aliphatic rings. The van der Waals surface area contributed by atoms with Crippen molar-refractivity contribution in [1.82, 2.24) is 19.7 Å². The lowest BCUT2D eigenvalue weighted by Crippen LogP contribution is -2.35. The molecule has 1 unspecified atom stereocenters. The van der Waals surface area contributed by atoms with Gasteiger partial charge in [0.2, 0.25) is 0 Å². The number of aromatic nitrogens is 4. The first kappa shape index (κ1) is 14.5. The Balaban J connectivity index is 1.81. The Morgan fingerprint density at radius 1 is 1.33 bits per heavy atom. The Labute approximate surface area is 133 Å². The van der Waals surface area contributed by atoms with Gasteiger partial charge in [-0.2, -0.15) is 0 Å². The van der Waals surface area contributed by atoms with Gasteiger partial charge in [0.25, 0.3) is 0 Å². The second-order valence-electron chi connectivity index (χ2n) is 5.84. The van der Waals surface area contributed by atoms with Gasteiger partial charge in [-0.3, -0.25) is 4.98 Å². The maximum Gasteiger partial charge on any atom is 0.137 e. The number of rotatable bonds is 3. The third kappa shape index (κ3) is 3.10. The van der Waals surface area contributed by atoms with Crippen molar-refractivity contribution in [1.29, 1.82) is 0 Å². The molecule has 0 spiro atoms. The van der Waals surface area contributed by atoms with Crippen LogP contribution in [0.3, 0.4) is 0 Å². The molecule has 2 aromatic heterocycles. The molecule has 1 atom stereocenters. The summed E-state index contributed by atoms with van der Waals surface area (Å²) in [4.78, 5) is 6.67. The number of anilines is 1. The van der Waals surface area contributed by atoms with Crippen LogP contribution in [0.15, 0.2) is 29.3 Å². The van der Waals surface area contributed by atoms with E-state index in [4.69, 9.17) is 0 Å². The van der Waals surface area contributed by atoms with Crippen molar-refractivity contribution in [2.24, 2.45) is 0 Å². The van der Waals surface area contributed by atoms with E-state index < -0.39 is 0 Å². The van der Waals surface area contributed by atoms with Gasteiger partial charge in [-0.15, -0.1) is 10.2 Å². The zero-order valence-electron chi connectivity index (χ0n) is 12.4. The molecular weight excluding hydrogens is 330 g/mol. The van der Waals surface area contributed by atoms with Crippen molar-refractivity contribution in [3.8, 4) is 0 Å². The topological polar surface area (TPSA) is 46.8 Å². The summed E-state index contributed by atoms with van der Waals surface area (Å²) < 4.78 is 3.21.